The average Bonchev–Trinajstić information content (AvgIpc) is 3.19. The number of amides is 1. The maximum Gasteiger partial charge on any atom is 0.267 e. The van der Waals surface area contributed by atoms with Crippen LogP contribution in [0.1, 0.15) is 43.2 Å². The molecule has 5 rings (SSSR count). The van der Waals surface area contributed by atoms with Crippen LogP contribution in [0, 0.1) is 0 Å². The van der Waals surface area contributed by atoms with Crippen LogP contribution in [-0.2, 0) is 11.4 Å². The van der Waals surface area contributed by atoms with Crippen molar-refractivity contribution in [2.75, 3.05) is 0 Å². The first-order valence-corrected chi connectivity index (χ1v) is 13.7. The molecule has 0 radical (unpaired) electrons. The van der Waals surface area contributed by atoms with Crippen molar-refractivity contribution >= 4 is 57.8 Å². The molecule has 7 heteroatoms. The van der Waals surface area contributed by atoms with Gasteiger partial charge in [0.05, 0.1) is 10.6 Å². The highest BCUT2D eigenvalue weighted by molar-refractivity contribution is 8.18. The molecular formula is C29H26Cl2N2O2S. The third-order valence-electron chi connectivity index (χ3n) is 6.30. The Kier molecular flexibility index (Phi) is 8.00. The van der Waals surface area contributed by atoms with Crippen molar-refractivity contribution in [1.82, 2.24) is 4.90 Å². The molecule has 1 saturated carbocycles. The number of hydrogen-bond acceptors (Lipinski definition) is 4. The van der Waals surface area contributed by atoms with Crippen LogP contribution in [0.25, 0.3) is 6.08 Å². The van der Waals surface area contributed by atoms with E-state index in [2.05, 4.69) is 0 Å². The number of rotatable bonds is 6. The quantitative estimate of drug-likeness (QED) is 0.296. The summed E-state index contributed by atoms with van der Waals surface area (Å²) in [6.45, 7) is 0.356. The molecule has 184 valence electrons. The maximum absolute atomic E-state index is 13.7. The van der Waals surface area contributed by atoms with Crippen LogP contribution in [0.15, 0.2) is 82.7 Å². The molecule has 0 unspecified atom stereocenters. The second-order valence-corrected chi connectivity index (χ2v) is 10.8. The highest BCUT2D eigenvalue weighted by Crippen LogP contribution is 2.39. The highest BCUT2D eigenvalue weighted by Gasteiger charge is 2.38. The van der Waals surface area contributed by atoms with E-state index in [9.17, 15) is 4.79 Å². The van der Waals surface area contributed by atoms with E-state index in [0.29, 0.717) is 27.3 Å². The minimum atomic E-state index is -0.0117. The zero-order valence-electron chi connectivity index (χ0n) is 19.7. The molecule has 0 spiro atoms. The van der Waals surface area contributed by atoms with Gasteiger partial charge in [0.1, 0.15) is 12.4 Å². The lowest BCUT2D eigenvalue weighted by Crippen LogP contribution is -2.40. The molecule has 1 aliphatic carbocycles. The number of hydrogen-bond donors (Lipinski definition) is 0. The fourth-order valence-corrected chi connectivity index (χ4v) is 5.97. The fourth-order valence-electron chi connectivity index (χ4n) is 4.53. The highest BCUT2D eigenvalue weighted by atomic mass is 35.5. The molecule has 0 aromatic heterocycles. The molecular weight excluding hydrogens is 511 g/mol. The summed E-state index contributed by atoms with van der Waals surface area (Å²) in [6.07, 6.45) is 7.35. The van der Waals surface area contributed by atoms with Crippen molar-refractivity contribution in [3.05, 3.63) is 98.9 Å². The summed E-state index contributed by atoms with van der Waals surface area (Å²) >= 11 is 13.9. The number of nitrogens with zero attached hydrogens (tertiary/aromatic N) is 2. The van der Waals surface area contributed by atoms with E-state index in [0.717, 1.165) is 47.7 Å². The third kappa shape index (κ3) is 5.97. The first kappa shape index (κ1) is 24.9. The van der Waals surface area contributed by atoms with E-state index in [1.54, 1.807) is 6.07 Å². The van der Waals surface area contributed by atoms with E-state index in [4.69, 9.17) is 32.9 Å². The SMILES string of the molecule is O=C1/C(=C/c2cc(Cl)ccc2OCc2cccc(Cl)c2)SC(=Nc2ccccc2)N1C1CCCCC1. The van der Waals surface area contributed by atoms with Crippen molar-refractivity contribution in [3.8, 4) is 5.75 Å². The summed E-state index contributed by atoms with van der Waals surface area (Å²) in [4.78, 5) is 21.1. The number of halogens is 2. The second-order valence-electron chi connectivity index (χ2n) is 8.91. The molecule has 36 heavy (non-hydrogen) atoms. The molecule has 1 aliphatic heterocycles. The molecule has 2 aliphatic rings. The van der Waals surface area contributed by atoms with Crippen molar-refractivity contribution in [2.24, 2.45) is 4.99 Å². The van der Waals surface area contributed by atoms with Gasteiger partial charge in [0.15, 0.2) is 5.17 Å². The minimum absolute atomic E-state index is 0.0117. The van der Waals surface area contributed by atoms with Gasteiger partial charge in [-0.2, -0.15) is 0 Å². The van der Waals surface area contributed by atoms with Crippen LogP contribution in [0.2, 0.25) is 10.0 Å². The number of thioether (sulfide) groups is 1. The number of carbonyl (C=O) groups excluding carboxylic acids is 1. The van der Waals surface area contributed by atoms with Crippen molar-refractivity contribution in [1.29, 1.82) is 0 Å². The second kappa shape index (κ2) is 11.5. The zero-order valence-corrected chi connectivity index (χ0v) is 22.0. The normalized spacial score (nSPS) is 18.8. The van der Waals surface area contributed by atoms with E-state index in [-0.39, 0.29) is 11.9 Å². The summed E-state index contributed by atoms with van der Waals surface area (Å²) in [5.74, 6) is 0.639. The Labute approximate surface area is 226 Å². The Hall–Kier alpha value is -2.73. The van der Waals surface area contributed by atoms with Crippen molar-refractivity contribution in [2.45, 2.75) is 44.8 Å². The smallest absolute Gasteiger partial charge is 0.267 e. The topological polar surface area (TPSA) is 41.9 Å². The molecule has 1 heterocycles. The molecule has 2 fully saturated rings. The Bertz CT molecular complexity index is 1300. The van der Waals surface area contributed by atoms with E-state index >= 15 is 0 Å². The molecule has 3 aromatic carbocycles. The number of carbonyl (C=O) groups is 1. The van der Waals surface area contributed by atoms with Gasteiger partial charge in [-0.25, -0.2) is 4.99 Å². The monoisotopic (exact) mass is 536 g/mol. The number of benzene rings is 3. The van der Waals surface area contributed by atoms with Gasteiger partial charge in [-0.05, 0) is 78.7 Å². The van der Waals surface area contributed by atoms with E-state index in [1.807, 2.05) is 77.7 Å². The summed E-state index contributed by atoms with van der Waals surface area (Å²) < 4.78 is 6.12. The predicted molar refractivity (Wildman–Crippen MR) is 150 cm³/mol. The van der Waals surface area contributed by atoms with Gasteiger partial charge < -0.3 is 4.74 Å². The fraction of sp³-hybridized carbons (Fsp3) is 0.241. The molecule has 0 bridgehead atoms. The number of para-hydroxylation sites is 1. The van der Waals surface area contributed by atoms with Gasteiger partial charge in [-0.3, -0.25) is 9.69 Å². The van der Waals surface area contributed by atoms with Gasteiger partial charge in [0, 0.05) is 21.7 Å². The Morgan fingerprint density at radius 2 is 1.72 bits per heavy atom. The van der Waals surface area contributed by atoms with Gasteiger partial charge in [-0.1, -0.05) is 72.8 Å². The van der Waals surface area contributed by atoms with Crippen molar-refractivity contribution in [3.63, 3.8) is 0 Å². The van der Waals surface area contributed by atoms with Crippen LogP contribution in [0.3, 0.4) is 0 Å². The van der Waals surface area contributed by atoms with Crippen LogP contribution in [-0.4, -0.2) is 22.0 Å². The van der Waals surface area contributed by atoms with Crippen LogP contribution in [0.4, 0.5) is 5.69 Å². The first-order chi connectivity index (χ1) is 17.6. The standard InChI is InChI=1S/C29H26Cl2N2O2S/c30-22-9-7-8-20(16-22)19-35-26-15-14-23(31)17-21(26)18-27-28(34)33(25-12-5-2-6-13-25)29(36-27)32-24-10-3-1-4-11-24/h1,3-4,7-11,14-18,25H,2,5-6,12-13,19H2/b27-18-,32-29?. The predicted octanol–water partition coefficient (Wildman–Crippen LogP) is 8.51. The molecule has 1 amide bonds. The number of amidine groups is 1. The van der Waals surface area contributed by atoms with Gasteiger partial charge in [0.2, 0.25) is 0 Å². The lowest BCUT2D eigenvalue weighted by atomic mass is 9.94. The molecule has 0 N–H and O–H groups in total. The van der Waals surface area contributed by atoms with Gasteiger partial charge in [0.25, 0.3) is 5.91 Å². The molecule has 0 atom stereocenters. The van der Waals surface area contributed by atoms with Gasteiger partial charge >= 0.3 is 0 Å². The average molecular weight is 538 g/mol. The van der Waals surface area contributed by atoms with Crippen LogP contribution < -0.4 is 4.74 Å². The largest absolute Gasteiger partial charge is 0.488 e. The summed E-state index contributed by atoms with van der Waals surface area (Å²) in [5.41, 5.74) is 2.55. The minimum Gasteiger partial charge on any atom is -0.488 e. The molecule has 4 nitrogen and oxygen atoms in total. The molecule has 3 aromatic rings. The molecule has 1 saturated heterocycles. The summed E-state index contributed by atoms with van der Waals surface area (Å²) in [7, 11) is 0. The number of ether oxygens (including phenoxy) is 1. The first-order valence-electron chi connectivity index (χ1n) is 12.1. The van der Waals surface area contributed by atoms with Crippen LogP contribution in [0.5, 0.6) is 5.75 Å². The van der Waals surface area contributed by atoms with Crippen LogP contribution >= 0.6 is 35.0 Å². The van der Waals surface area contributed by atoms with Crippen molar-refractivity contribution < 1.29 is 9.53 Å². The Morgan fingerprint density at radius 3 is 2.50 bits per heavy atom. The van der Waals surface area contributed by atoms with E-state index < -0.39 is 0 Å². The van der Waals surface area contributed by atoms with E-state index in [1.165, 1.54) is 18.2 Å². The number of aliphatic imine (C=N–C) groups is 1. The van der Waals surface area contributed by atoms with Gasteiger partial charge in [-0.15, -0.1) is 0 Å². The lowest BCUT2D eigenvalue weighted by Gasteiger charge is -2.30. The summed E-state index contributed by atoms with van der Waals surface area (Å²) in [6, 6.07) is 23.0. The lowest BCUT2D eigenvalue weighted by molar-refractivity contribution is -0.124. The Morgan fingerprint density at radius 1 is 0.944 bits per heavy atom. The maximum atomic E-state index is 13.7. The Balaban J connectivity index is 1.46. The third-order valence-corrected chi connectivity index (χ3v) is 7.75. The zero-order chi connectivity index (χ0) is 24.9. The summed E-state index contributed by atoms with van der Waals surface area (Å²) in [5, 5.41) is 1.97.